The molecule has 64 valence electrons. The minimum Gasteiger partial charge on any atom is -0.0984 e. The van der Waals surface area contributed by atoms with Gasteiger partial charge in [-0.15, -0.1) is 0 Å². The van der Waals surface area contributed by atoms with E-state index >= 15 is 0 Å². The molecular formula is C12H12Si. The smallest absolute Gasteiger partial charge is 0.0393 e. The Labute approximate surface area is 81.3 Å². The number of rotatable bonds is 1. The van der Waals surface area contributed by atoms with Crippen molar-refractivity contribution in [3.63, 3.8) is 0 Å². The van der Waals surface area contributed by atoms with E-state index < -0.39 is 0 Å². The molecule has 13 heavy (non-hydrogen) atoms. The van der Waals surface area contributed by atoms with E-state index in [9.17, 15) is 0 Å². The Morgan fingerprint density at radius 2 is 1.69 bits per heavy atom. The summed E-state index contributed by atoms with van der Waals surface area (Å²) in [4.78, 5) is 0. The molecule has 2 aromatic carbocycles. The second-order valence-electron chi connectivity index (χ2n) is 3.22. The molecule has 0 aliphatic heterocycles. The molecular weight excluding hydrogens is 172 g/mol. The zero-order valence-corrected chi connectivity index (χ0v) is 9.75. The first-order valence-electron chi connectivity index (χ1n) is 4.43. The lowest BCUT2D eigenvalue weighted by molar-refractivity contribution is 1.75. The second-order valence-corrected chi connectivity index (χ2v) is 4.30. The first-order chi connectivity index (χ1) is 6.33. The summed E-state index contributed by atoms with van der Waals surface area (Å²) in [6.07, 6.45) is 1.92. The van der Waals surface area contributed by atoms with Gasteiger partial charge in [0.25, 0.3) is 0 Å². The van der Waals surface area contributed by atoms with Gasteiger partial charge in [-0.05, 0) is 16.3 Å². The molecule has 0 saturated carbocycles. The molecule has 0 unspecified atom stereocenters. The summed E-state index contributed by atoms with van der Waals surface area (Å²) < 4.78 is 0. The Bertz CT molecular complexity index is 458. The van der Waals surface area contributed by atoms with Crippen LogP contribution in [-0.2, 0) is 0 Å². The minimum absolute atomic E-state index is 1.10. The highest BCUT2D eigenvalue weighted by Crippen LogP contribution is 2.16. The van der Waals surface area contributed by atoms with E-state index in [1.807, 2.05) is 6.08 Å². The highest BCUT2D eigenvalue weighted by atomic mass is 28.1. The Morgan fingerprint density at radius 1 is 1.00 bits per heavy atom. The third kappa shape index (κ3) is 1.31. The molecule has 0 nitrogen and oxygen atoms in total. The van der Waals surface area contributed by atoms with Crippen molar-refractivity contribution in [2.75, 3.05) is 0 Å². The van der Waals surface area contributed by atoms with Gasteiger partial charge in [-0.1, -0.05) is 54.2 Å². The fourth-order valence-corrected chi connectivity index (χ4v) is 2.25. The van der Waals surface area contributed by atoms with Gasteiger partial charge in [-0.25, -0.2) is 0 Å². The third-order valence-corrected chi connectivity index (χ3v) is 3.27. The zero-order chi connectivity index (χ0) is 9.26. The zero-order valence-electron chi connectivity index (χ0n) is 7.75. The van der Waals surface area contributed by atoms with Crippen LogP contribution < -0.4 is 5.19 Å². The fourth-order valence-electron chi connectivity index (χ4n) is 1.65. The molecule has 1 heteroatoms. The number of hydrogen-bond acceptors (Lipinski definition) is 0. The molecule has 0 aromatic heterocycles. The summed E-state index contributed by atoms with van der Waals surface area (Å²) in [6.45, 7) is 3.82. The summed E-state index contributed by atoms with van der Waals surface area (Å²) >= 11 is 0. The van der Waals surface area contributed by atoms with Crippen molar-refractivity contribution >= 4 is 32.3 Å². The molecule has 0 N–H and O–H groups in total. The molecule has 0 fully saturated rings. The van der Waals surface area contributed by atoms with Crippen LogP contribution in [0.2, 0.25) is 0 Å². The van der Waals surface area contributed by atoms with Gasteiger partial charge in [-0.3, -0.25) is 0 Å². The minimum atomic E-state index is 1.10. The SMILES string of the molecule is C=Cc1ccc([SiH3])c2ccccc12. The number of hydrogen-bond donors (Lipinski definition) is 0. The predicted molar refractivity (Wildman–Crippen MR) is 63.6 cm³/mol. The lowest BCUT2D eigenvalue weighted by Crippen LogP contribution is -2.03. The maximum absolute atomic E-state index is 3.82. The van der Waals surface area contributed by atoms with Crippen molar-refractivity contribution in [1.82, 2.24) is 0 Å². The van der Waals surface area contributed by atoms with Gasteiger partial charge < -0.3 is 0 Å². The van der Waals surface area contributed by atoms with Crippen LogP contribution in [0.25, 0.3) is 16.8 Å². The van der Waals surface area contributed by atoms with Crippen molar-refractivity contribution in [2.45, 2.75) is 0 Å². The van der Waals surface area contributed by atoms with Crippen molar-refractivity contribution in [1.29, 1.82) is 0 Å². The molecule has 0 aliphatic carbocycles. The summed E-state index contributed by atoms with van der Waals surface area (Å²) in [5.41, 5.74) is 1.23. The predicted octanol–water partition coefficient (Wildman–Crippen LogP) is 1.47. The normalized spacial score (nSPS) is 10.5. The Hall–Kier alpha value is -1.34. The largest absolute Gasteiger partial charge is 0.0984 e. The van der Waals surface area contributed by atoms with Gasteiger partial charge in [0.15, 0.2) is 0 Å². The van der Waals surface area contributed by atoms with Gasteiger partial charge in [0.1, 0.15) is 0 Å². The monoisotopic (exact) mass is 184 g/mol. The van der Waals surface area contributed by atoms with Gasteiger partial charge >= 0.3 is 0 Å². The van der Waals surface area contributed by atoms with Crippen LogP contribution in [0.4, 0.5) is 0 Å². The van der Waals surface area contributed by atoms with E-state index in [0.29, 0.717) is 0 Å². The molecule has 0 spiro atoms. The molecule has 0 heterocycles. The molecule has 2 aromatic rings. The Morgan fingerprint density at radius 3 is 2.38 bits per heavy atom. The molecule has 0 amide bonds. The topological polar surface area (TPSA) is 0 Å². The van der Waals surface area contributed by atoms with Crippen LogP contribution >= 0.6 is 0 Å². The van der Waals surface area contributed by atoms with Gasteiger partial charge in [0.05, 0.1) is 0 Å². The van der Waals surface area contributed by atoms with E-state index in [2.05, 4.69) is 43.0 Å². The standard InChI is InChI=1S/C12H12Si/c1-2-9-7-8-12(13)11-6-4-3-5-10(9)11/h2-8H,1H2,13H3. The van der Waals surface area contributed by atoms with Crippen LogP contribution in [0.15, 0.2) is 43.0 Å². The molecule has 2 rings (SSSR count). The van der Waals surface area contributed by atoms with Crippen LogP contribution in [0.1, 0.15) is 5.56 Å². The van der Waals surface area contributed by atoms with Crippen LogP contribution in [0.3, 0.4) is 0 Å². The first kappa shape index (κ1) is 8.26. The average Bonchev–Trinajstić information content (AvgIpc) is 2.19. The van der Waals surface area contributed by atoms with Crippen LogP contribution in [-0.4, -0.2) is 10.2 Å². The lowest BCUT2D eigenvalue weighted by atomic mass is 10.0. The fraction of sp³-hybridized carbons (Fsp3) is 0. The maximum Gasteiger partial charge on any atom is 0.0393 e. The van der Waals surface area contributed by atoms with E-state index in [4.69, 9.17) is 0 Å². The Balaban J connectivity index is 2.92. The molecule has 0 bridgehead atoms. The molecule has 0 saturated heterocycles. The first-order valence-corrected chi connectivity index (χ1v) is 5.43. The quantitative estimate of drug-likeness (QED) is 0.589. The third-order valence-electron chi connectivity index (χ3n) is 2.40. The summed E-state index contributed by atoms with van der Waals surface area (Å²) in [5, 5.41) is 4.16. The van der Waals surface area contributed by atoms with Gasteiger partial charge in [0, 0.05) is 10.2 Å². The maximum atomic E-state index is 3.82. The van der Waals surface area contributed by atoms with Gasteiger partial charge in [-0.2, -0.15) is 0 Å². The molecule has 0 aliphatic rings. The molecule has 0 atom stereocenters. The summed E-state index contributed by atoms with van der Waals surface area (Å²) in [6, 6.07) is 12.9. The van der Waals surface area contributed by atoms with Crippen molar-refractivity contribution in [2.24, 2.45) is 0 Å². The molecule has 0 radical (unpaired) electrons. The van der Waals surface area contributed by atoms with Crippen molar-refractivity contribution < 1.29 is 0 Å². The Kier molecular flexibility index (Phi) is 2.03. The second kappa shape index (κ2) is 3.19. The van der Waals surface area contributed by atoms with Gasteiger partial charge in [0.2, 0.25) is 0 Å². The van der Waals surface area contributed by atoms with Crippen LogP contribution in [0.5, 0.6) is 0 Å². The highest BCUT2D eigenvalue weighted by Gasteiger charge is 1.98. The van der Waals surface area contributed by atoms with Crippen molar-refractivity contribution in [3.05, 3.63) is 48.5 Å². The van der Waals surface area contributed by atoms with E-state index in [-0.39, 0.29) is 0 Å². The highest BCUT2D eigenvalue weighted by molar-refractivity contribution is 6.39. The summed E-state index contributed by atoms with van der Waals surface area (Å²) in [7, 11) is 1.10. The average molecular weight is 184 g/mol. The number of benzene rings is 2. The lowest BCUT2D eigenvalue weighted by Gasteiger charge is -2.04. The summed E-state index contributed by atoms with van der Waals surface area (Å²) in [5.74, 6) is 0. The van der Waals surface area contributed by atoms with Crippen molar-refractivity contribution in [3.8, 4) is 0 Å². The van der Waals surface area contributed by atoms with E-state index in [1.54, 1.807) is 0 Å². The van der Waals surface area contributed by atoms with E-state index in [1.165, 1.54) is 21.5 Å². The van der Waals surface area contributed by atoms with Crippen LogP contribution in [0, 0.1) is 0 Å². The number of fused-ring (bicyclic) bond motifs is 1. The van der Waals surface area contributed by atoms with E-state index in [0.717, 1.165) is 10.2 Å².